The highest BCUT2D eigenvalue weighted by atomic mass is 35.5. The van der Waals surface area contributed by atoms with Crippen molar-refractivity contribution in [1.82, 2.24) is 19.2 Å². The minimum absolute atomic E-state index is 0. The third-order valence-electron chi connectivity index (χ3n) is 6.91. The number of hydrogen-bond acceptors (Lipinski definition) is 4. The molecular formula is C25H30ClFN4O2S. The molecule has 3 aromatic rings. The molecule has 2 heterocycles. The van der Waals surface area contributed by atoms with E-state index in [-0.39, 0.29) is 35.7 Å². The molecule has 2 atom stereocenters. The highest BCUT2D eigenvalue weighted by Gasteiger charge is 2.36. The van der Waals surface area contributed by atoms with Crippen LogP contribution < -0.4 is 4.72 Å². The second-order valence-electron chi connectivity index (χ2n) is 9.17. The van der Waals surface area contributed by atoms with Crippen LogP contribution in [0.2, 0.25) is 0 Å². The lowest BCUT2D eigenvalue weighted by Crippen LogP contribution is -2.50. The summed E-state index contributed by atoms with van der Waals surface area (Å²) in [5, 5.41) is 0.0183. The summed E-state index contributed by atoms with van der Waals surface area (Å²) in [6.07, 6.45) is 7.07. The number of nitrogens with zero attached hydrogens (tertiary/aromatic N) is 3. The first-order valence-corrected chi connectivity index (χ1v) is 13.0. The number of benzene rings is 2. The number of sulfonamides is 1. The lowest BCUT2D eigenvalue weighted by atomic mass is 9.74. The maximum absolute atomic E-state index is 13.9. The molecule has 1 N–H and O–H groups in total. The molecular weight excluding hydrogens is 475 g/mol. The second kappa shape index (κ2) is 10.2. The number of aromatic nitrogens is 2. The molecule has 0 radical (unpaired) electrons. The van der Waals surface area contributed by atoms with Crippen molar-refractivity contribution in [2.24, 2.45) is 7.05 Å². The minimum atomic E-state index is -3.68. The van der Waals surface area contributed by atoms with Gasteiger partial charge in [-0.2, -0.15) is 0 Å². The van der Waals surface area contributed by atoms with E-state index in [1.807, 2.05) is 12.1 Å². The molecule has 1 aliphatic heterocycles. The minimum Gasteiger partial charge on any atom is -0.339 e. The summed E-state index contributed by atoms with van der Waals surface area (Å²) >= 11 is 0. The molecule has 1 aliphatic carbocycles. The second-order valence-corrected chi connectivity index (χ2v) is 10.9. The molecule has 0 spiro atoms. The number of hydrogen-bond donors (Lipinski definition) is 1. The highest BCUT2D eigenvalue weighted by Crippen LogP contribution is 2.39. The van der Waals surface area contributed by atoms with E-state index in [2.05, 4.69) is 26.7 Å². The van der Waals surface area contributed by atoms with Crippen LogP contribution in [-0.2, 0) is 36.5 Å². The first-order valence-electron chi connectivity index (χ1n) is 11.5. The molecule has 6 nitrogen and oxygen atoms in total. The number of fused-ring (bicyclic) bond motifs is 1. The van der Waals surface area contributed by atoms with Crippen molar-refractivity contribution in [1.29, 1.82) is 0 Å². The molecule has 182 valence electrons. The topological polar surface area (TPSA) is 67.2 Å². The molecule has 0 amide bonds. The monoisotopic (exact) mass is 504 g/mol. The normalized spacial score (nSPS) is 20.3. The Morgan fingerprint density at radius 3 is 2.65 bits per heavy atom. The van der Waals surface area contributed by atoms with Crippen molar-refractivity contribution in [3.05, 3.63) is 83.1 Å². The largest absolute Gasteiger partial charge is 0.339 e. The van der Waals surface area contributed by atoms with Gasteiger partial charge in [0.05, 0.1) is 6.33 Å². The van der Waals surface area contributed by atoms with Crippen LogP contribution in [0.3, 0.4) is 0 Å². The van der Waals surface area contributed by atoms with Gasteiger partial charge in [0.2, 0.25) is 0 Å². The third kappa shape index (κ3) is 5.20. The van der Waals surface area contributed by atoms with Gasteiger partial charge in [-0.05, 0) is 73.2 Å². The van der Waals surface area contributed by atoms with E-state index in [1.54, 1.807) is 23.7 Å². The fourth-order valence-electron chi connectivity index (χ4n) is 5.09. The van der Waals surface area contributed by atoms with Crippen molar-refractivity contribution in [3.8, 4) is 0 Å². The summed E-state index contributed by atoms with van der Waals surface area (Å²) in [6, 6.07) is 13.6. The fourth-order valence-corrected chi connectivity index (χ4v) is 6.09. The van der Waals surface area contributed by atoms with Crippen molar-refractivity contribution < 1.29 is 12.8 Å². The molecule has 2 unspecified atom stereocenters. The molecule has 34 heavy (non-hydrogen) atoms. The van der Waals surface area contributed by atoms with E-state index >= 15 is 0 Å². The number of nitrogens with one attached hydrogen (secondary N) is 1. The Balaban J connectivity index is 0.00000274. The Kier molecular flexibility index (Phi) is 7.42. The molecule has 2 aliphatic rings. The van der Waals surface area contributed by atoms with E-state index in [9.17, 15) is 12.8 Å². The zero-order valence-corrected chi connectivity index (χ0v) is 20.8. The first-order chi connectivity index (χ1) is 15.9. The average Bonchev–Trinajstić information content (AvgIpc) is 3.20. The number of aryl methyl sites for hydroxylation is 2. The van der Waals surface area contributed by atoms with Gasteiger partial charge in [-0.3, -0.25) is 4.90 Å². The SMILES string of the molecule is Cl.Cn1cnc(S(=O)(=O)NCc2ccc3c(c2)C(Cc2cccc(F)c2)C(N2CCC2)CC3)c1. The summed E-state index contributed by atoms with van der Waals surface area (Å²) < 4.78 is 43.4. The van der Waals surface area contributed by atoms with Gasteiger partial charge in [-0.15, -0.1) is 12.4 Å². The van der Waals surface area contributed by atoms with Crippen molar-refractivity contribution >= 4 is 22.4 Å². The lowest BCUT2D eigenvalue weighted by molar-refractivity contribution is 0.0877. The maximum atomic E-state index is 13.9. The zero-order valence-electron chi connectivity index (χ0n) is 19.2. The summed E-state index contributed by atoms with van der Waals surface area (Å²) in [4.78, 5) is 6.50. The number of rotatable bonds is 7. The highest BCUT2D eigenvalue weighted by molar-refractivity contribution is 7.89. The third-order valence-corrected chi connectivity index (χ3v) is 8.20. The molecule has 1 fully saturated rings. The quantitative estimate of drug-likeness (QED) is 0.531. The van der Waals surface area contributed by atoms with Gasteiger partial charge in [0.25, 0.3) is 10.0 Å². The number of likely N-dealkylation sites (tertiary alicyclic amines) is 1. The molecule has 2 aromatic carbocycles. The summed E-state index contributed by atoms with van der Waals surface area (Å²) in [5.74, 6) is 0.0462. The van der Waals surface area contributed by atoms with Crippen molar-refractivity contribution in [3.63, 3.8) is 0 Å². The van der Waals surface area contributed by atoms with Crippen molar-refractivity contribution in [2.75, 3.05) is 13.1 Å². The van der Waals surface area contributed by atoms with E-state index in [0.29, 0.717) is 6.04 Å². The van der Waals surface area contributed by atoms with Gasteiger partial charge >= 0.3 is 0 Å². The van der Waals surface area contributed by atoms with Gasteiger partial charge in [0, 0.05) is 31.7 Å². The lowest BCUT2D eigenvalue weighted by Gasteiger charge is -2.45. The fraction of sp³-hybridized carbons (Fsp3) is 0.400. The summed E-state index contributed by atoms with van der Waals surface area (Å²) in [5.41, 5.74) is 4.49. The van der Waals surface area contributed by atoms with E-state index < -0.39 is 10.0 Å². The smallest absolute Gasteiger partial charge is 0.259 e. The zero-order chi connectivity index (χ0) is 23.0. The molecule has 1 aromatic heterocycles. The van der Waals surface area contributed by atoms with Crippen LogP contribution in [0.15, 0.2) is 60.0 Å². The van der Waals surface area contributed by atoms with Crippen LogP contribution in [0.25, 0.3) is 0 Å². The van der Waals surface area contributed by atoms with E-state index in [4.69, 9.17) is 0 Å². The van der Waals surface area contributed by atoms with Crippen molar-refractivity contribution in [2.45, 2.75) is 49.2 Å². The van der Waals surface area contributed by atoms with Gasteiger partial charge in [-0.25, -0.2) is 22.5 Å². The molecule has 0 saturated carbocycles. The Hall–Kier alpha value is -2.26. The molecule has 9 heteroatoms. The van der Waals surface area contributed by atoms with Crippen LogP contribution >= 0.6 is 12.4 Å². The molecule has 1 saturated heterocycles. The first kappa shape index (κ1) is 24.9. The number of halogens is 2. The standard InChI is InChI=1S/C25H29FN4O2S.ClH/c1-29-16-25(27-17-29)33(31,32)28-15-19-6-7-20-8-9-24(30-10-3-11-30)23(22(20)14-19)13-18-4-2-5-21(26)12-18;/h2,4-7,12,14,16-17,23-24,28H,3,8-11,13,15H2,1H3;1H. The van der Waals surface area contributed by atoms with Crippen LogP contribution in [0.1, 0.15) is 41.0 Å². The molecule has 0 bridgehead atoms. The Bertz CT molecular complexity index is 1260. The van der Waals surface area contributed by atoms with Crippen LogP contribution in [0.5, 0.6) is 0 Å². The van der Waals surface area contributed by atoms with Gasteiger partial charge in [-0.1, -0.05) is 30.3 Å². The Morgan fingerprint density at radius 1 is 1.15 bits per heavy atom. The average molecular weight is 505 g/mol. The summed E-state index contributed by atoms with van der Waals surface area (Å²) in [6.45, 7) is 2.43. The number of imidazole rings is 1. The summed E-state index contributed by atoms with van der Waals surface area (Å²) in [7, 11) is -1.94. The maximum Gasteiger partial charge on any atom is 0.259 e. The molecule has 5 rings (SSSR count). The van der Waals surface area contributed by atoms with E-state index in [0.717, 1.165) is 43.5 Å². The van der Waals surface area contributed by atoms with Gasteiger partial charge in [0.15, 0.2) is 5.03 Å². The predicted molar refractivity (Wildman–Crippen MR) is 132 cm³/mol. The van der Waals surface area contributed by atoms with Crippen LogP contribution in [0, 0.1) is 5.82 Å². The predicted octanol–water partition coefficient (Wildman–Crippen LogP) is 3.81. The Morgan fingerprint density at radius 2 is 1.97 bits per heavy atom. The Labute approximate surface area is 206 Å². The van der Waals surface area contributed by atoms with Crippen LogP contribution in [0.4, 0.5) is 4.39 Å². The van der Waals surface area contributed by atoms with Crippen LogP contribution in [-0.4, -0.2) is 42.0 Å². The van der Waals surface area contributed by atoms with E-state index in [1.165, 1.54) is 36.1 Å². The van der Waals surface area contributed by atoms with Gasteiger partial charge < -0.3 is 4.57 Å². The van der Waals surface area contributed by atoms with Gasteiger partial charge in [0.1, 0.15) is 5.82 Å².